The summed E-state index contributed by atoms with van der Waals surface area (Å²) >= 11 is 9.16. The van der Waals surface area contributed by atoms with Crippen molar-refractivity contribution in [2.24, 2.45) is 0 Å². The largest absolute Gasteiger partial charge is 0.483 e. The highest BCUT2D eigenvalue weighted by atomic mass is 79.9. The molecule has 0 aliphatic carbocycles. The van der Waals surface area contributed by atoms with Crippen LogP contribution in [0, 0.1) is 0 Å². The van der Waals surface area contributed by atoms with Gasteiger partial charge in [0.05, 0.1) is 17.1 Å². The molecule has 1 saturated heterocycles. The standard InChI is InChI=1S/C13H15BrClNO3/c14-11-6-9(15)3-4-12(11)19-8-13(18)16-5-1-2-10(16)7-17/h3-4,6,10,17H,1-2,5,7-8H2. The van der Waals surface area contributed by atoms with Gasteiger partial charge in [0.1, 0.15) is 5.75 Å². The lowest BCUT2D eigenvalue weighted by molar-refractivity contribution is -0.134. The van der Waals surface area contributed by atoms with Crippen molar-refractivity contribution in [3.8, 4) is 5.75 Å². The Balaban J connectivity index is 1.93. The van der Waals surface area contributed by atoms with Crippen molar-refractivity contribution in [1.29, 1.82) is 0 Å². The number of rotatable bonds is 4. The Morgan fingerprint density at radius 2 is 2.37 bits per heavy atom. The lowest BCUT2D eigenvalue weighted by atomic mass is 10.2. The van der Waals surface area contributed by atoms with Crippen LogP contribution in [0.5, 0.6) is 5.75 Å². The minimum atomic E-state index is -0.0987. The van der Waals surface area contributed by atoms with Gasteiger partial charge in [0, 0.05) is 11.6 Å². The van der Waals surface area contributed by atoms with Crippen LogP contribution >= 0.6 is 27.5 Å². The number of carbonyl (C=O) groups is 1. The number of aliphatic hydroxyl groups excluding tert-OH is 1. The number of carbonyl (C=O) groups excluding carboxylic acids is 1. The third-order valence-electron chi connectivity index (χ3n) is 3.15. The Morgan fingerprint density at radius 3 is 3.05 bits per heavy atom. The molecule has 0 spiro atoms. The predicted molar refractivity (Wildman–Crippen MR) is 76.5 cm³/mol. The summed E-state index contributed by atoms with van der Waals surface area (Å²) < 4.78 is 6.20. The molecule has 0 aromatic heterocycles. The van der Waals surface area contributed by atoms with Crippen molar-refractivity contribution in [3.05, 3.63) is 27.7 Å². The molecular weight excluding hydrogens is 334 g/mol. The van der Waals surface area contributed by atoms with Gasteiger partial charge in [-0.2, -0.15) is 0 Å². The quantitative estimate of drug-likeness (QED) is 0.909. The molecule has 104 valence electrons. The molecule has 1 aliphatic rings. The summed E-state index contributed by atoms with van der Waals surface area (Å²) in [6, 6.07) is 5.07. The van der Waals surface area contributed by atoms with E-state index in [1.807, 2.05) is 0 Å². The number of likely N-dealkylation sites (tertiary alicyclic amines) is 1. The number of aliphatic hydroxyl groups is 1. The van der Waals surface area contributed by atoms with Crippen LogP contribution in [0.2, 0.25) is 5.02 Å². The summed E-state index contributed by atoms with van der Waals surface area (Å²) in [5.41, 5.74) is 0. The van der Waals surface area contributed by atoms with Crippen LogP contribution in [0.1, 0.15) is 12.8 Å². The Morgan fingerprint density at radius 1 is 1.58 bits per heavy atom. The molecule has 1 aliphatic heterocycles. The van der Waals surface area contributed by atoms with Crippen LogP contribution in [0.4, 0.5) is 0 Å². The number of hydrogen-bond donors (Lipinski definition) is 1. The van der Waals surface area contributed by atoms with Gasteiger partial charge in [-0.3, -0.25) is 4.79 Å². The van der Waals surface area contributed by atoms with E-state index in [1.165, 1.54) is 0 Å². The zero-order valence-corrected chi connectivity index (χ0v) is 12.7. The van der Waals surface area contributed by atoms with Gasteiger partial charge in [0.15, 0.2) is 6.61 Å². The van der Waals surface area contributed by atoms with Crippen molar-refractivity contribution in [2.75, 3.05) is 19.8 Å². The molecule has 1 aromatic carbocycles. The highest BCUT2D eigenvalue weighted by Crippen LogP contribution is 2.28. The van der Waals surface area contributed by atoms with Crippen LogP contribution in [0.25, 0.3) is 0 Å². The van der Waals surface area contributed by atoms with Crippen molar-refractivity contribution in [2.45, 2.75) is 18.9 Å². The van der Waals surface area contributed by atoms with Gasteiger partial charge in [-0.05, 0) is 47.0 Å². The minimum Gasteiger partial charge on any atom is -0.483 e. The summed E-state index contributed by atoms with van der Waals surface area (Å²) in [5, 5.41) is 9.79. The van der Waals surface area contributed by atoms with Crippen molar-refractivity contribution in [1.82, 2.24) is 4.90 Å². The number of hydrogen-bond acceptors (Lipinski definition) is 3. The van der Waals surface area contributed by atoms with E-state index >= 15 is 0 Å². The normalized spacial score (nSPS) is 18.7. The van der Waals surface area contributed by atoms with Crippen LogP contribution in [0.15, 0.2) is 22.7 Å². The molecular formula is C13H15BrClNO3. The van der Waals surface area contributed by atoms with E-state index in [1.54, 1.807) is 23.1 Å². The Bertz CT molecular complexity index is 469. The fraction of sp³-hybridized carbons (Fsp3) is 0.462. The fourth-order valence-electron chi connectivity index (χ4n) is 2.17. The first kappa shape index (κ1) is 14.6. The number of halogens is 2. The number of ether oxygens (including phenoxy) is 1. The molecule has 1 unspecified atom stereocenters. The molecule has 0 radical (unpaired) electrons. The molecule has 0 saturated carbocycles. The second-order valence-corrected chi connectivity index (χ2v) is 5.72. The number of benzene rings is 1. The minimum absolute atomic E-state index is 0.0103. The summed E-state index contributed by atoms with van der Waals surface area (Å²) in [6.07, 6.45) is 1.79. The van der Waals surface area contributed by atoms with E-state index in [4.69, 9.17) is 16.3 Å². The van der Waals surface area contributed by atoms with Gasteiger partial charge in [-0.1, -0.05) is 11.6 Å². The second kappa shape index (κ2) is 6.59. The highest BCUT2D eigenvalue weighted by molar-refractivity contribution is 9.10. The Labute approximate surface area is 125 Å². The first-order chi connectivity index (χ1) is 9.11. The van der Waals surface area contributed by atoms with Gasteiger partial charge in [0.2, 0.25) is 0 Å². The third-order valence-corrected chi connectivity index (χ3v) is 4.01. The molecule has 2 rings (SSSR count). The van der Waals surface area contributed by atoms with Crippen molar-refractivity contribution >= 4 is 33.4 Å². The maximum Gasteiger partial charge on any atom is 0.260 e. The lowest BCUT2D eigenvalue weighted by Crippen LogP contribution is -2.40. The smallest absolute Gasteiger partial charge is 0.260 e. The first-order valence-corrected chi connectivity index (χ1v) is 7.27. The van der Waals surface area contributed by atoms with Gasteiger partial charge in [-0.25, -0.2) is 0 Å². The maximum atomic E-state index is 12.0. The monoisotopic (exact) mass is 347 g/mol. The average molecular weight is 349 g/mol. The number of nitrogens with zero attached hydrogens (tertiary/aromatic N) is 1. The summed E-state index contributed by atoms with van der Waals surface area (Å²) in [4.78, 5) is 13.7. The zero-order chi connectivity index (χ0) is 13.8. The third kappa shape index (κ3) is 3.61. The maximum absolute atomic E-state index is 12.0. The van der Waals surface area contributed by atoms with Crippen LogP contribution < -0.4 is 4.74 Å². The van der Waals surface area contributed by atoms with E-state index < -0.39 is 0 Å². The molecule has 0 bridgehead atoms. The Hall–Kier alpha value is -0.780. The molecule has 19 heavy (non-hydrogen) atoms. The van der Waals surface area contributed by atoms with Crippen molar-refractivity contribution in [3.63, 3.8) is 0 Å². The van der Waals surface area contributed by atoms with Crippen LogP contribution in [-0.2, 0) is 4.79 Å². The molecule has 1 fully saturated rings. The first-order valence-electron chi connectivity index (χ1n) is 6.10. The number of amides is 1. The molecule has 1 amide bonds. The van der Waals surface area contributed by atoms with Crippen LogP contribution in [-0.4, -0.2) is 41.7 Å². The molecule has 6 heteroatoms. The summed E-state index contributed by atoms with van der Waals surface area (Å²) in [6.45, 7) is 0.669. The lowest BCUT2D eigenvalue weighted by Gasteiger charge is -2.23. The van der Waals surface area contributed by atoms with E-state index in [0.29, 0.717) is 21.8 Å². The predicted octanol–water partition coefficient (Wildman–Crippen LogP) is 2.46. The summed E-state index contributed by atoms with van der Waals surface area (Å²) in [7, 11) is 0. The van der Waals surface area contributed by atoms with Gasteiger partial charge < -0.3 is 14.7 Å². The Kier molecular flexibility index (Phi) is 5.07. The van der Waals surface area contributed by atoms with Gasteiger partial charge >= 0.3 is 0 Å². The van der Waals surface area contributed by atoms with E-state index in [2.05, 4.69) is 15.9 Å². The molecule has 1 heterocycles. The van der Waals surface area contributed by atoms with Crippen LogP contribution in [0.3, 0.4) is 0 Å². The fourth-order valence-corrected chi connectivity index (χ4v) is 2.97. The topological polar surface area (TPSA) is 49.8 Å². The summed E-state index contributed by atoms with van der Waals surface area (Å²) in [5.74, 6) is 0.482. The SMILES string of the molecule is O=C(COc1ccc(Cl)cc1Br)N1CCCC1CO. The molecule has 1 atom stereocenters. The zero-order valence-electron chi connectivity index (χ0n) is 10.3. The highest BCUT2D eigenvalue weighted by Gasteiger charge is 2.28. The van der Waals surface area contributed by atoms with Crippen molar-refractivity contribution < 1.29 is 14.6 Å². The van der Waals surface area contributed by atoms with E-state index in [9.17, 15) is 9.90 Å². The molecule has 4 nitrogen and oxygen atoms in total. The molecule has 1 N–H and O–H groups in total. The van der Waals surface area contributed by atoms with E-state index in [-0.39, 0.29) is 25.2 Å². The molecule has 1 aromatic rings. The second-order valence-electron chi connectivity index (χ2n) is 4.43. The van der Waals surface area contributed by atoms with E-state index in [0.717, 1.165) is 12.8 Å². The van der Waals surface area contributed by atoms with Gasteiger partial charge in [-0.15, -0.1) is 0 Å². The average Bonchev–Trinajstić information content (AvgIpc) is 2.85. The van der Waals surface area contributed by atoms with Gasteiger partial charge in [0.25, 0.3) is 5.91 Å².